The van der Waals surface area contributed by atoms with Crippen molar-refractivity contribution in [3.05, 3.63) is 0 Å². The second-order valence-electron chi connectivity index (χ2n) is 5.60. The van der Waals surface area contributed by atoms with Crippen molar-refractivity contribution in [2.45, 2.75) is 39.5 Å². The van der Waals surface area contributed by atoms with Crippen LogP contribution in [-0.4, -0.2) is 47.5 Å². The lowest BCUT2D eigenvalue weighted by atomic mass is 10.1. The lowest BCUT2D eigenvalue weighted by Crippen LogP contribution is -2.47. The van der Waals surface area contributed by atoms with E-state index in [1.165, 1.54) is 4.90 Å². The van der Waals surface area contributed by atoms with Crippen molar-refractivity contribution in [3.8, 4) is 0 Å². The van der Waals surface area contributed by atoms with E-state index >= 15 is 0 Å². The second-order valence-corrected chi connectivity index (χ2v) is 5.60. The highest BCUT2D eigenvalue weighted by Crippen LogP contribution is 2.13. The third-order valence-corrected chi connectivity index (χ3v) is 3.15. The molecule has 0 spiro atoms. The lowest BCUT2D eigenvalue weighted by Gasteiger charge is -2.19. The van der Waals surface area contributed by atoms with Gasteiger partial charge in [-0.15, -0.1) is 0 Å². The summed E-state index contributed by atoms with van der Waals surface area (Å²) in [6.07, 6.45) is -0.282. The summed E-state index contributed by atoms with van der Waals surface area (Å²) in [6.45, 7) is 5.78. The third kappa shape index (κ3) is 3.61. The highest BCUT2D eigenvalue weighted by molar-refractivity contribution is 5.89. The van der Waals surface area contributed by atoms with Crippen LogP contribution in [0.3, 0.4) is 0 Å². The van der Waals surface area contributed by atoms with Crippen LogP contribution in [-0.2, 0) is 4.79 Å². The highest BCUT2D eigenvalue weighted by Gasteiger charge is 2.45. The fraction of sp³-hybridized carbons (Fsp3) is 0.667. The number of urea groups is 2. The molecule has 0 aliphatic carbocycles. The Kier molecular flexibility index (Phi) is 4.29. The average molecular weight is 296 g/mol. The summed E-state index contributed by atoms with van der Waals surface area (Å²) in [6, 6.07) is -0.781. The van der Waals surface area contributed by atoms with E-state index in [2.05, 4.69) is 40.3 Å². The Labute approximate surface area is 122 Å². The minimum Gasteiger partial charge on any atom is -0.314 e. The van der Waals surface area contributed by atoms with Gasteiger partial charge in [0.1, 0.15) is 18.9 Å². The van der Waals surface area contributed by atoms with Gasteiger partial charge in [0.05, 0.1) is 0 Å². The van der Waals surface area contributed by atoms with Gasteiger partial charge < -0.3 is 16.0 Å². The first-order chi connectivity index (χ1) is 9.86. The summed E-state index contributed by atoms with van der Waals surface area (Å²) in [5, 5.41) is 11.7. The molecule has 116 valence electrons. The van der Waals surface area contributed by atoms with E-state index in [0.29, 0.717) is 5.92 Å². The quantitative estimate of drug-likeness (QED) is 0.405. The standard InChI is InChI=1S/C12H20N6O3/c1-6(2)4-7(3)16-17-8(19)5-18-10-9(14-12(18)21)13-11(20)15-10/h6,9-10H,4-5H2,1-3H3,(H,14,21)(H,17,19)(H2,13,15,20)/b16-7+. The molecular formula is C12H20N6O3. The molecule has 0 bridgehead atoms. The predicted octanol–water partition coefficient (Wildman–Crippen LogP) is -0.485. The summed E-state index contributed by atoms with van der Waals surface area (Å²) in [4.78, 5) is 36.0. The van der Waals surface area contributed by atoms with E-state index in [9.17, 15) is 14.4 Å². The summed E-state index contributed by atoms with van der Waals surface area (Å²) >= 11 is 0. The van der Waals surface area contributed by atoms with Gasteiger partial charge in [0, 0.05) is 5.71 Å². The van der Waals surface area contributed by atoms with Gasteiger partial charge >= 0.3 is 12.1 Å². The monoisotopic (exact) mass is 296 g/mol. The van der Waals surface area contributed by atoms with Gasteiger partial charge in [0.25, 0.3) is 5.91 Å². The van der Waals surface area contributed by atoms with Crippen LogP contribution >= 0.6 is 0 Å². The van der Waals surface area contributed by atoms with E-state index in [1.807, 2.05) is 6.92 Å². The molecule has 0 aromatic rings. The molecular weight excluding hydrogens is 276 g/mol. The smallest absolute Gasteiger partial charge is 0.314 e. The van der Waals surface area contributed by atoms with Gasteiger partial charge in [-0.05, 0) is 19.3 Å². The maximum atomic E-state index is 11.8. The number of nitrogens with zero attached hydrogens (tertiary/aromatic N) is 2. The molecule has 2 atom stereocenters. The van der Waals surface area contributed by atoms with E-state index in [0.717, 1.165) is 12.1 Å². The van der Waals surface area contributed by atoms with Crippen molar-refractivity contribution < 1.29 is 14.4 Å². The zero-order valence-corrected chi connectivity index (χ0v) is 12.3. The molecule has 0 saturated carbocycles. The number of rotatable bonds is 5. The Morgan fingerprint density at radius 3 is 2.71 bits per heavy atom. The lowest BCUT2D eigenvalue weighted by molar-refractivity contribution is -0.121. The number of carbonyl (C=O) groups is 3. The predicted molar refractivity (Wildman–Crippen MR) is 75.2 cm³/mol. The van der Waals surface area contributed by atoms with Crippen molar-refractivity contribution >= 4 is 23.7 Å². The summed E-state index contributed by atoms with van der Waals surface area (Å²) in [5.74, 6) is 0.0469. The molecule has 9 nitrogen and oxygen atoms in total. The first kappa shape index (κ1) is 15.1. The van der Waals surface area contributed by atoms with Crippen molar-refractivity contribution in [3.63, 3.8) is 0 Å². The molecule has 4 N–H and O–H groups in total. The topological polar surface area (TPSA) is 115 Å². The fourth-order valence-corrected chi connectivity index (χ4v) is 2.35. The van der Waals surface area contributed by atoms with Gasteiger partial charge in [-0.3, -0.25) is 9.69 Å². The van der Waals surface area contributed by atoms with E-state index in [-0.39, 0.29) is 12.6 Å². The molecule has 2 saturated heterocycles. The molecule has 2 aliphatic heterocycles. The molecule has 2 rings (SSSR count). The van der Waals surface area contributed by atoms with Gasteiger partial charge in [-0.2, -0.15) is 5.10 Å². The van der Waals surface area contributed by atoms with Crippen LogP contribution in [0, 0.1) is 5.92 Å². The third-order valence-electron chi connectivity index (χ3n) is 3.15. The molecule has 2 fully saturated rings. The van der Waals surface area contributed by atoms with Crippen molar-refractivity contribution in [2.75, 3.05) is 6.54 Å². The first-order valence-electron chi connectivity index (χ1n) is 6.83. The SMILES string of the molecule is C/C(CC(C)C)=N\NC(=O)CN1C(=O)NC2NC(=O)NC21. The minimum atomic E-state index is -0.559. The normalized spacial score (nSPS) is 24.6. The van der Waals surface area contributed by atoms with E-state index in [1.54, 1.807) is 0 Å². The number of hydrogen-bond acceptors (Lipinski definition) is 4. The van der Waals surface area contributed by atoms with Crippen molar-refractivity contribution in [2.24, 2.45) is 11.0 Å². The van der Waals surface area contributed by atoms with Gasteiger partial charge in [0.2, 0.25) is 0 Å². The average Bonchev–Trinajstić information content (AvgIpc) is 2.84. The highest BCUT2D eigenvalue weighted by atomic mass is 16.2. The molecule has 0 radical (unpaired) electrons. The fourth-order valence-electron chi connectivity index (χ4n) is 2.35. The van der Waals surface area contributed by atoms with Crippen LogP contribution in [0.25, 0.3) is 0 Å². The van der Waals surface area contributed by atoms with Gasteiger partial charge in [-0.25, -0.2) is 15.0 Å². The minimum absolute atomic E-state index is 0.173. The molecule has 21 heavy (non-hydrogen) atoms. The van der Waals surface area contributed by atoms with E-state index < -0.39 is 24.3 Å². The maximum Gasteiger partial charge on any atom is 0.321 e. The van der Waals surface area contributed by atoms with Crippen LogP contribution in [0.4, 0.5) is 9.59 Å². The van der Waals surface area contributed by atoms with Crippen LogP contribution in [0.2, 0.25) is 0 Å². The van der Waals surface area contributed by atoms with Crippen molar-refractivity contribution in [1.82, 2.24) is 26.3 Å². The molecule has 2 unspecified atom stereocenters. The van der Waals surface area contributed by atoms with Crippen LogP contribution in [0.5, 0.6) is 0 Å². The van der Waals surface area contributed by atoms with E-state index in [4.69, 9.17) is 0 Å². The Bertz CT molecular complexity index is 489. The molecule has 9 heteroatoms. The molecule has 2 aliphatic rings. The van der Waals surface area contributed by atoms with Crippen LogP contribution in [0.1, 0.15) is 27.2 Å². The van der Waals surface area contributed by atoms with Gasteiger partial charge in [0.15, 0.2) is 0 Å². The number of amides is 5. The molecule has 0 aromatic carbocycles. The zero-order valence-electron chi connectivity index (χ0n) is 12.3. The first-order valence-corrected chi connectivity index (χ1v) is 6.83. The molecule has 2 heterocycles. The second kappa shape index (κ2) is 5.98. The van der Waals surface area contributed by atoms with Crippen LogP contribution < -0.4 is 21.4 Å². The number of carbonyl (C=O) groups excluding carboxylic acids is 3. The Hall–Kier alpha value is -2.32. The number of hydrazone groups is 1. The largest absolute Gasteiger partial charge is 0.321 e. The summed E-state index contributed by atoms with van der Waals surface area (Å²) in [5.41, 5.74) is 3.24. The number of nitrogens with one attached hydrogen (secondary N) is 4. The summed E-state index contributed by atoms with van der Waals surface area (Å²) < 4.78 is 0. The summed E-state index contributed by atoms with van der Waals surface area (Å²) in [7, 11) is 0. The van der Waals surface area contributed by atoms with Gasteiger partial charge in [-0.1, -0.05) is 13.8 Å². The number of fused-ring (bicyclic) bond motifs is 1. The Morgan fingerprint density at radius 1 is 1.33 bits per heavy atom. The van der Waals surface area contributed by atoms with Crippen LogP contribution in [0.15, 0.2) is 5.10 Å². The Balaban J connectivity index is 1.87. The maximum absolute atomic E-state index is 11.8. The number of hydrogen-bond donors (Lipinski definition) is 4. The molecule has 5 amide bonds. The Morgan fingerprint density at radius 2 is 2.05 bits per heavy atom. The molecule has 0 aromatic heterocycles. The van der Waals surface area contributed by atoms with Crippen molar-refractivity contribution in [1.29, 1.82) is 0 Å². The zero-order chi connectivity index (χ0) is 15.6.